The first-order valence-electron chi connectivity index (χ1n) is 5.66. The van der Waals surface area contributed by atoms with Crippen molar-refractivity contribution in [2.45, 2.75) is 19.3 Å². The van der Waals surface area contributed by atoms with Crippen molar-refractivity contribution in [3.05, 3.63) is 50.9 Å². The zero-order valence-electron chi connectivity index (χ0n) is 9.53. The van der Waals surface area contributed by atoms with E-state index in [1.165, 1.54) is 10.4 Å². The smallest absolute Gasteiger partial charge is 0.0971 e. The second kappa shape index (κ2) is 6.15. The van der Waals surface area contributed by atoms with Gasteiger partial charge in [0.2, 0.25) is 0 Å². The minimum atomic E-state index is 0.740. The van der Waals surface area contributed by atoms with Crippen LogP contribution < -0.4 is 5.73 Å². The molecule has 0 aliphatic carbocycles. The number of hydrogen-bond acceptors (Lipinski definition) is 3. The molecule has 1 heterocycles. The van der Waals surface area contributed by atoms with Gasteiger partial charge in [-0.2, -0.15) is 0 Å². The van der Waals surface area contributed by atoms with Gasteiger partial charge in [-0.15, -0.1) is 11.3 Å². The fourth-order valence-corrected chi connectivity index (χ4v) is 2.72. The lowest BCUT2D eigenvalue weighted by atomic mass is 10.2. The van der Waals surface area contributed by atoms with E-state index in [2.05, 4.69) is 4.98 Å². The molecule has 0 radical (unpaired) electrons. The molecule has 2 aromatic rings. The summed E-state index contributed by atoms with van der Waals surface area (Å²) in [5, 5.41) is 1.93. The highest BCUT2D eigenvalue weighted by Gasteiger charge is 2.03. The van der Waals surface area contributed by atoms with Crippen molar-refractivity contribution >= 4 is 22.9 Å². The molecule has 0 fully saturated rings. The molecule has 0 bridgehead atoms. The van der Waals surface area contributed by atoms with Crippen LogP contribution in [-0.2, 0) is 12.8 Å². The Morgan fingerprint density at radius 2 is 2.00 bits per heavy atom. The van der Waals surface area contributed by atoms with Gasteiger partial charge in [0.1, 0.15) is 0 Å². The van der Waals surface area contributed by atoms with Crippen LogP contribution in [0.1, 0.15) is 21.9 Å². The highest BCUT2D eigenvalue weighted by Crippen LogP contribution is 2.19. The normalized spacial score (nSPS) is 10.7. The molecule has 0 atom stereocenters. The molecule has 17 heavy (non-hydrogen) atoms. The second-order valence-electron chi connectivity index (χ2n) is 3.92. The van der Waals surface area contributed by atoms with Crippen molar-refractivity contribution in [2.75, 3.05) is 6.54 Å². The van der Waals surface area contributed by atoms with Crippen molar-refractivity contribution in [1.82, 2.24) is 4.98 Å². The van der Waals surface area contributed by atoms with Crippen molar-refractivity contribution < 1.29 is 0 Å². The quantitative estimate of drug-likeness (QED) is 0.902. The first-order valence-corrected chi connectivity index (χ1v) is 6.85. The van der Waals surface area contributed by atoms with Crippen LogP contribution in [0.4, 0.5) is 0 Å². The topological polar surface area (TPSA) is 38.9 Å². The average molecular weight is 267 g/mol. The van der Waals surface area contributed by atoms with Crippen LogP contribution in [-0.4, -0.2) is 11.5 Å². The van der Waals surface area contributed by atoms with Crippen molar-refractivity contribution in [1.29, 1.82) is 0 Å². The highest BCUT2D eigenvalue weighted by atomic mass is 35.5. The Kier molecular flexibility index (Phi) is 4.54. The highest BCUT2D eigenvalue weighted by molar-refractivity contribution is 7.11. The van der Waals surface area contributed by atoms with Crippen LogP contribution in [0, 0.1) is 0 Å². The molecule has 0 aliphatic heterocycles. The lowest BCUT2D eigenvalue weighted by Gasteiger charge is -1.97. The number of benzene rings is 1. The van der Waals surface area contributed by atoms with Gasteiger partial charge in [0.05, 0.1) is 5.01 Å². The summed E-state index contributed by atoms with van der Waals surface area (Å²) in [6, 6.07) is 7.92. The van der Waals surface area contributed by atoms with Crippen molar-refractivity contribution in [3.8, 4) is 0 Å². The Balaban J connectivity index is 1.98. The Hall–Kier alpha value is -0.900. The molecular weight excluding hydrogens is 252 g/mol. The van der Waals surface area contributed by atoms with Gasteiger partial charge in [-0.1, -0.05) is 23.7 Å². The zero-order valence-corrected chi connectivity index (χ0v) is 11.1. The molecule has 0 aliphatic rings. The summed E-state index contributed by atoms with van der Waals surface area (Å²) >= 11 is 7.62. The Morgan fingerprint density at radius 1 is 1.24 bits per heavy atom. The van der Waals surface area contributed by atoms with Gasteiger partial charge >= 0.3 is 0 Å². The lowest BCUT2D eigenvalue weighted by Crippen LogP contribution is -1.99. The number of hydrogen-bond donors (Lipinski definition) is 1. The zero-order chi connectivity index (χ0) is 12.1. The maximum absolute atomic E-state index is 5.85. The molecule has 0 spiro atoms. The van der Waals surface area contributed by atoms with Crippen molar-refractivity contribution in [2.24, 2.45) is 5.73 Å². The number of halogens is 1. The maximum atomic E-state index is 5.85. The number of nitrogens with zero attached hydrogens (tertiary/aromatic N) is 1. The van der Waals surface area contributed by atoms with Gasteiger partial charge in [0.25, 0.3) is 0 Å². The molecule has 0 unspecified atom stereocenters. The first-order chi connectivity index (χ1) is 8.28. The lowest BCUT2D eigenvalue weighted by molar-refractivity contribution is 0.841. The molecule has 4 heteroatoms. The van der Waals surface area contributed by atoms with E-state index < -0.39 is 0 Å². The summed E-state index contributed by atoms with van der Waals surface area (Å²) in [7, 11) is 0. The van der Waals surface area contributed by atoms with Gasteiger partial charge in [-0.25, -0.2) is 4.98 Å². The summed E-state index contributed by atoms with van der Waals surface area (Å²) < 4.78 is 0. The van der Waals surface area contributed by atoms with E-state index in [1.54, 1.807) is 11.3 Å². The van der Waals surface area contributed by atoms with Crippen LogP contribution in [0.2, 0.25) is 5.02 Å². The molecule has 2 N–H and O–H groups in total. The summed E-state index contributed by atoms with van der Waals surface area (Å²) in [5.41, 5.74) is 6.74. The molecular formula is C13H15ClN2S. The number of rotatable bonds is 5. The second-order valence-corrected chi connectivity index (χ2v) is 5.55. The summed E-state index contributed by atoms with van der Waals surface area (Å²) in [6.07, 6.45) is 4.91. The number of aryl methyl sites for hydroxylation is 1. The van der Waals surface area contributed by atoms with Crippen LogP contribution in [0.3, 0.4) is 0 Å². The molecule has 2 nitrogen and oxygen atoms in total. The monoisotopic (exact) mass is 266 g/mol. The standard InChI is InChI=1S/C13H15ClN2S/c14-11-5-3-10(4-6-11)8-13-16-9-12(17-13)2-1-7-15/h3-6,9H,1-2,7-8,15H2. The Bertz CT molecular complexity index is 465. The summed E-state index contributed by atoms with van der Waals surface area (Å²) in [4.78, 5) is 5.75. The van der Waals surface area contributed by atoms with E-state index in [1.807, 2.05) is 30.5 Å². The van der Waals surface area contributed by atoms with Gasteiger partial charge in [-0.05, 0) is 37.1 Å². The van der Waals surface area contributed by atoms with Crippen LogP contribution >= 0.6 is 22.9 Å². The van der Waals surface area contributed by atoms with Gasteiger partial charge in [-0.3, -0.25) is 0 Å². The fourth-order valence-electron chi connectivity index (χ4n) is 1.60. The van der Waals surface area contributed by atoms with Crippen LogP contribution in [0.5, 0.6) is 0 Å². The number of nitrogens with two attached hydrogens (primary N) is 1. The predicted octanol–water partition coefficient (Wildman–Crippen LogP) is 3.28. The molecule has 1 aromatic heterocycles. The fraction of sp³-hybridized carbons (Fsp3) is 0.308. The van der Waals surface area contributed by atoms with E-state index in [4.69, 9.17) is 17.3 Å². The minimum absolute atomic E-state index is 0.740. The molecule has 2 rings (SSSR count). The maximum Gasteiger partial charge on any atom is 0.0971 e. The molecule has 0 amide bonds. The average Bonchev–Trinajstić information content (AvgIpc) is 2.77. The molecule has 90 valence electrons. The van der Waals surface area contributed by atoms with Crippen LogP contribution in [0.15, 0.2) is 30.5 Å². The predicted molar refractivity (Wildman–Crippen MR) is 73.7 cm³/mol. The minimum Gasteiger partial charge on any atom is -0.330 e. The summed E-state index contributed by atoms with van der Waals surface area (Å²) in [6.45, 7) is 0.740. The first kappa shape index (κ1) is 12.6. The summed E-state index contributed by atoms with van der Waals surface area (Å²) in [5.74, 6) is 0. The van der Waals surface area contributed by atoms with Gasteiger partial charge in [0.15, 0.2) is 0 Å². The number of thiazole rings is 1. The van der Waals surface area contributed by atoms with E-state index >= 15 is 0 Å². The van der Waals surface area contributed by atoms with Crippen molar-refractivity contribution in [3.63, 3.8) is 0 Å². The van der Waals surface area contributed by atoms with Gasteiger partial charge < -0.3 is 5.73 Å². The third-order valence-corrected chi connectivity index (χ3v) is 3.81. The van der Waals surface area contributed by atoms with E-state index in [0.29, 0.717) is 0 Å². The molecule has 0 saturated carbocycles. The van der Waals surface area contributed by atoms with Gasteiger partial charge in [0, 0.05) is 22.5 Å². The third-order valence-electron chi connectivity index (χ3n) is 2.50. The third kappa shape index (κ3) is 3.80. The van der Waals surface area contributed by atoms with E-state index in [-0.39, 0.29) is 0 Å². The van der Waals surface area contributed by atoms with Crippen LogP contribution in [0.25, 0.3) is 0 Å². The van der Waals surface area contributed by atoms with E-state index in [0.717, 1.165) is 35.8 Å². The van der Waals surface area contributed by atoms with E-state index in [9.17, 15) is 0 Å². The molecule has 1 aromatic carbocycles. The number of aromatic nitrogens is 1. The largest absolute Gasteiger partial charge is 0.330 e. The molecule has 0 saturated heterocycles. The Morgan fingerprint density at radius 3 is 2.71 bits per heavy atom. The Labute approximate surface area is 110 Å². The SMILES string of the molecule is NCCCc1cnc(Cc2ccc(Cl)cc2)s1.